The van der Waals surface area contributed by atoms with Crippen molar-refractivity contribution in [3.05, 3.63) is 29.6 Å². The predicted octanol–water partition coefficient (Wildman–Crippen LogP) is 1.51. The van der Waals surface area contributed by atoms with E-state index in [-0.39, 0.29) is 0 Å². The number of aromatic nitrogens is 1. The Labute approximate surface area is 73.0 Å². The minimum atomic E-state index is 0.941. The molecular weight excluding hydrogens is 148 g/mol. The molecule has 0 aromatic carbocycles. The average molecular weight is 162 g/mol. The Bertz CT molecular complexity index is 231. The van der Waals surface area contributed by atoms with Gasteiger partial charge >= 0.3 is 0 Å². The van der Waals surface area contributed by atoms with Crippen LogP contribution in [0.2, 0.25) is 0 Å². The first kappa shape index (κ1) is 7.74. The molecular formula is C10H14N2. The fourth-order valence-electron chi connectivity index (χ4n) is 1.63. The maximum atomic E-state index is 4.36. The molecule has 1 aliphatic heterocycles. The molecule has 0 amide bonds. The largest absolute Gasteiger partial charge is 0.311 e. The summed E-state index contributed by atoms with van der Waals surface area (Å²) in [5.74, 6) is 0. The second-order valence-corrected chi connectivity index (χ2v) is 3.24. The highest BCUT2D eigenvalue weighted by atomic mass is 14.9. The van der Waals surface area contributed by atoms with Crippen LogP contribution in [0, 0.1) is 0 Å². The zero-order chi connectivity index (χ0) is 8.23. The Hall–Kier alpha value is -0.890. The fourth-order valence-corrected chi connectivity index (χ4v) is 1.63. The highest BCUT2D eigenvalue weighted by Crippen LogP contribution is 2.11. The molecule has 1 N–H and O–H groups in total. The molecule has 0 radical (unpaired) electrons. The van der Waals surface area contributed by atoms with Gasteiger partial charge in [-0.2, -0.15) is 0 Å². The Morgan fingerprint density at radius 3 is 3.33 bits per heavy atom. The van der Waals surface area contributed by atoms with Gasteiger partial charge < -0.3 is 5.32 Å². The van der Waals surface area contributed by atoms with Gasteiger partial charge in [-0.15, -0.1) is 0 Å². The maximum Gasteiger partial charge on any atom is 0.0573 e. The summed E-state index contributed by atoms with van der Waals surface area (Å²) in [6.07, 6.45) is 5.65. The second kappa shape index (κ2) is 3.68. The van der Waals surface area contributed by atoms with Crippen LogP contribution < -0.4 is 5.32 Å². The van der Waals surface area contributed by atoms with E-state index < -0.39 is 0 Å². The molecule has 2 nitrogen and oxygen atoms in total. The quantitative estimate of drug-likeness (QED) is 0.625. The number of hydrogen-bond donors (Lipinski definition) is 1. The SMILES string of the molecule is c1cnc2c(c1)CCCCNC2. The first-order valence-corrected chi connectivity index (χ1v) is 4.60. The minimum absolute atomic E-state index is 0.941. The molecule has 0 unspecified atom stereocenters. The molecule has 0 aliphatic carbocycles. The second-order valence-electron chi connectivity index (χ2n) is 3.24. The van der Waals surface area contributed by atoms with Crippen LogP contribution in [0.5, 0.6) is 0 Å². The summed E-state index contributed by atoms with van der Waals surface area (Å²) in [7, 11) is 0. The van der Waals surface area contributed by atoms with E-state index in [4.69, 9.17) is 0 Å². The molecule has 2 heteroatoms. The molecule has 0 saturated heterocycles. The fraction of sp³-hybridized carbons (Fsp3) is 0.500. The predicted molar refractivity (Wildman–Crippen MR) is 48.9 cm³/mol. The number of nitrogens with one attached hydrogen (secondary N) is 1. The highest BCUT2D eigenvalue weighted by Gasteiger charge is 2.05. The van der Waals surface area contributed by atoms with E-state index in [1.165, 1.54) is 30.5 Å². The van der Waals surface area contributed by atoms with Gasteiger partial charge in [0.1, 0.15) is 0 Å². The van der Waals surface area contributed by atoms with Crippen molar-refractivity contribution >= 4 is 0 Å². The zero-order valence-electron chi connectivity index (χ0n) is 7.21. The summed E-state index contributed by atoms with van der Waals surface area (Å²) in [6.45, 7) is 2.08. The van der Waals surface area contributed by atoms with Crippen LogP contribution in [0.1, 0.15) is 24.1 Å². The normalized spacial score (nSPS) is 17.7. The lowest BCUT2D eigenvalue weighted by Crippen LogP contribution is -2.19. The van der Waals surface area contributed by atoms with Crippen LogP contribution in [-0.4, -0.2) is 11.5 Å². The first-order chi connectivity index (χ1) is 5.97. The lowest BCUT2D eigenvalue weighted by Gasteiger charge is -2.12. The van der Waals surface area contributed by atoms with Crippen molar-refractivity contribution < 1.29 is 0 Å². The Morgan fingerprint density at radius 1 is 1.33 bits per heavy atom. The number of aryl methyl sites for hydroxylation is 1. The number of nitrogens with zero attached hydrogens (tertiary/aromatic N) is 1. The molecule has 1 aromatic rings. The van der Waals surface area contributed by atoms with E-state index in [0.717, 1.165) is 13.1 Å². The number of pyridine rings is 1. The summed E-state index contributed by atoms with van der Waals surface area (Å²) in [5, 5.41) is 3.38. The summed E-state index contributed by atoms with van der Waals surface area (Å²) in [6, 6.07) is 4.22. The van der Waals surface area contributed by atoms with Crippen molar-refractivity contribution in [3.63, 3.8) is 0 Å². The molecule has 0 fully saturated rings. The van der Waals surface area contributed by atoms with Crippen molar-refractivity contribution in [2.24, 2.45) is 0 Å². The molecule has 0 atom stereocenters. The van der Waals surface area contributed by atoms with E-state index in [1.807, 2.05) is 12.3 Å². The van der Waals surface area contributed by atoms with Gasteiger partial charge in [-0.05, 0) is 37.4 Å². The van der Waals surface area contributed by atoms with Gasteiger partial charge in [0, 0.05) is 12.7 Å². The summed E-state index contributed by atoms with van der Waals surface area (Å²) in [5.41, 5.74) is 2.65. The third kappa shape index (κ3) is 1.64. The van der Waals surface area contributed by atoms with E-state index in [9.17, 15) is 0 Å². The van der Waals surface area contributed by atoms with Crippen molar-refractivity contribution in [1.82, 2.24) is 10.3 Å². The van der Waals surface area contributed by atoms with Crippen molar-refractivity contribution in [1.29, 1.82) is 0 Å². The smallest absolute Gasteiger partial charge is 0.0573 e. The lowest BCUT2D eigenvalue weighted by molar-refractivity contribution is 0.589. The van der Waals surface area contributed by atoms with Gasteiger partial charge in [0.15, 0.2) is 0 Å². The first-order valence-electron chi connectivity index (χ1n) is 4.60. The summed E-state index contributed by atoms with van der Waals surface area (Å²) < 4.78 is 0. The van der Waals surface area contributed by atoms with Crippen LogP contribution in [0.25, 0.3) is 0 Å². The third-order valence-corrected chi connectivity index (χ3v) is 2.33. The molecule has 0 spiro atoms. The average Bonchev–Trinajstić information content (AvgIpc) is 2.06. The minimum Gasteiger partial charge on any atom is -0.311 e. The molecule has 0 saturated carbocycles. The molecule has 64 valence electrons. The van der Waals surface area contributed by atoms with Crippen LogP contribution in [-0.2, 0) is 13.0 Å². The zero-order valence-corrected chi connectivity index (χ0v) is 7.21. The number of rotatable bonds is 0. The molecule has 2 rings (SSSR count). The van der Waals surface area contributed by atoms with E-state index in [2.05, 4.69) is 16.4 Å². The summed E-state index contributed by atoms with van der Waals surface area (Å²) >= 11 is 0. The number of fused-ring (bicyclic) bond motifs is 1. The van der Waals surface area contributed by atoms with Gasteiger partial charge in [0.05, 0.1) is 5.69 Å². The Kier molecular flexibility index (Phi) is 2.37. The molecule has 12 heavy (non-hydrogen) atoms. The maximum absolute atomic E-state index is 4.36. The summed E-state index contributed by atoms with van der Waals surface area (Å²) in [4.78, 5) is 4.36. The molecule has 2 heterocycles. The van der Waals surface area contributed by atoms with Gasteiger partial charge in [0.2, 0.25) is 0 Å². The van der Waals surface area contributed by atoms with Crippen LogP contribution in [0.4, 0.5) is 0 Å². The Balaban J connectivity index is 2.24. The van der Waals surface area contributed by atoms with Crippen molar-refractivity contribution in [3.8, 4) is 0 Å². The van der Waals surface area contributed by atoms with Crippen LogP contribution in [0.3, 0.4) is 0 Å². The Morgan fingerprint density at radius 2 is 2.33 bits per heavy atom. The highest BCUT2D eigenvalue weighted by molar-refractivity contribution is 5.20. The third-order valence-electron chi connectivity index (χ3n) is 2.33. The topological polar surface area (TPSA) is 24.9 Å². The van der Waals surface area contributed by atoms with Gasteiger partial charge in [-0.1, -0.05) is 6.07 Å². The van der Waals surface area contributed by atoms with E-state index in [1.54, 1.807) is 0 Å². The van der Waals surface area contributed by atoms with Gasteiger partial charge in [0.25, 0.3) is 0 Å². The van der Waals surface area contributed by atoms with Gasteiger partial charge in [-0.3, -0.25) is 4.98 Å². The molecule has 1 aromatic heterocycles. The van der Waals surface area contributed by atoms with E-state index >= 15 is 0 Å². The molecule has 1 aliphatic rings. The van der Waals surface area contributed by atoms with Crippen LogP contribution >= 0.6 is 0 Å². The van der Waals surface area contributed by atoms with Crippen molar-refractivity contribution in [2.75, 3.05) is 6.54 Å². The lowest BCUT2D eigenvalue weighted by atomic mass is 10.0. The number of hydrogen-bond acceptors (Lipinski definition) is 2. The van der Waals surface area contributed by atoms with E-state index in [0.29, 0.717) is 0 Å². The van der Waals surface area contributed by atoms with Crippen molar-refractivity contribution in [2.45, 2.75) is 25.8 Å². The van der Waals surface area contributed by atoms with Gasteiger partial charge in [-0.25, -0.2) is 0 Å². The monoisotopic (exact) mass is 162 g/mol. The molecule has 0 bridgehead atoms. The standard InChI is InChI=1S/C10H14N2/c1-2-6-11-8-10-9(4-1)5-3-7-12-10/h3,5,7,11H,1-2,4,6,8H2. The van der Waals surface area contributed by atoms with Crippen LogP contribution in [0.15, 0.2) is 18.3 Å².